The van der Waals surface area contributed by atoms with Gasteiger partial charge in [0.05, 0.1) is 0 Å². The van der Waals surface area contributed by atoms with Gasteiger partial charge in [-0.05, 0) is 31.6 Å². The number of ether oxygens (including phenoxy) is 1. The average Bonchev–Trinajstić information content (AvgIpc) is 2.54. The number of hydrogen-bond donors (Lipinski definition) is 0. The molecule has 0 unspecified atom stereocenters. The Morgan fingerprint density at radius 3 is 2.25 bits per heavy atom. The molecule has 7 heteroatoms. The molecule has 0 heterocycles. The summed E-state index contributed by atoms with van der Waals surface area (Å²) in [6.07, 6.45) is 1.77. The highest BCUT2D eigenvalue weighted by Crippen LogP contribution is 2.29. The minimum atomic E-state index is -1.96. The van der Waals surface area contributed by atoms with E-state index >= 15 is 0 Å². The highest BCUT2D eigenvalue weighted by molar-refractivity contribution is 5.89. The van der Waals surface area contributed by atoms with E-state index in [-0.39, 0.29) is 5.56 Å². The van der Waals surface area contributed by atoms with E-state index < -0.39 is 46.4 Å². The molecule has 2 aromatic rings. The first-order chi connectivity index (χ1) is 11.2. The van der Waals surface area contributed by atoms with E-state index in [9.17, 15) is 26.7 Å². The normalized spacial score (nSPS) is 11.1. The molecule has 0 N–H and O–H groups in total. The zero-order valence-electron chi connectivity index (χ0n) is 12.6. The van der Waals surface area contributed by atoms with Crippen molar-refractivity contribution in [2.45, 2.75) is 13.8 Å². The fraction of sp³-hybridized carbons (Fsp3) is 0.118. The monoisotopic (exact) mass is 342 g/mol. The summed E-state index contributed by atoms with van der Waals surface area (Å²) >= 11 is 0. The smallest absolute Gasteiger partial charge is 0.336 e. The molecule has 0 aliphatic carbocycles. The fourth-order valence-electron chi connectivity index (χ4n) is 1.96. The molecule has 0 bridgehead atoms. The lowest BCUT2D eigenvalue weighted by atomic mass is 10.1. The number of halogens is 5. The highest BCUT2D eigenvalue weighted by Gasteiger charge is 2.25. The maximum Gasteiger partial charge on any atom is 0.336 e. The summed E-state index contributed by atoms with van der Waals surface area (Å²) in [5, 5.41) is 0. The molecule has 2 nitrogen and oxygen atoms in total. The van der Waals surface area contributed by atoms with Crippen molar-refractivity contribution in [2.24, 2.45) is 0 Å². The van der Waals surface area contributed by atoms with Gasteiger partial charge >= 0.3 is 5.97 Å². The largest absolute Gasteiger partial charge is 0.417 e. The van der Waals surface area contributed by atoms with Gasteiger partial charge in [0, 0.05) is 17.2 Å². The van der Waals surface area contributed by atoms with Crippen molar-refractivity contribution >= 4 is 12.0 Å². The SMILES string of the molecule is Cc1cccc(F)c1/C=C/C(=O)Oc1c(F)c(C)c(F)c(F)c1F. The van der Waals surface area contributed by atoms with Crippen LogP contribution in [0.2, 0.25) is 0 Å². The second-order valence-electron chi connectivity index (χ2n) is 4.93. The molecule has 0 radical (unpaired) electrons. The summed E-state index contributed by atoms with van der Waals surface area (Å²) < 4.78 is 71.7. The molecule has 0 aromatic heterocycles. The molecule has 0 amide bonds. The molecule has 2 aromatic carbocycles. The first-order valence-corrected chi connectivity index (χ1v) is 6.71. The fourth-order valence-corrected chi connectivity index (χ4v) is 1.96. The predicted molar refractivity (Wildman–Crippen MR) is 76.8 cm³/mol. The molecule has 24 heavy (non-hydrogen) atoms. The van der Waals surface area contributed by atoms with E-state index in [1.54, 1.807) is 13.0 Å². The third-order valence-electron chi connectivity index (χ3n) is 3.30. The van der Waals surface area contributed by atoms with Crippen LogP contribution < -0.4 is 4.74 Å². The third-order valence-corrected chi connectivity index (χ3v) is 3.30. The predicted octanol–water partition coefficient (Wildman–Crippen LogP) is 4.62. The molecule has 0 aliphatic heterocycles. The summed E-state index contributed by atoms with van der Waals surface area (Å²) in [6, 6.07) is 4.22. The second-order valence-corrected chi connectivity index (χ2v) is 4.93. The van der Waals surface area contributed by atoms with Gasteiger partial charge < -0.3 is 4.74 Å². The number of hydrogen-bond acceptors (Lipinski definition) is 2. The maximum absolute atomic E-state index is 13.7. The van der Waals surface area contributed by atoms with E-state index in [4.69, 9.17) is 0 Å². The first-order valence-electron chi connectivity index (χ1n) is 6.71. The van der Waals surface area contributed by atoms with Gasteiger partial charge in [-0.1, -0.05) is 12.1 Å². The van der Waals surface area contributed by atoms with Crippen molar-refractivity contribution in [1.82, 2.24) is 0 Å². The van der Waals surface area contributed by atoms with Crippen LogP contribution in [0.4, 0.5) is 22.0 Å². The molecule has 0 atom stereocenters. The molecule has 126 valence electrons. The lowest BCUT2D eigenvalue weighted by molar-refractivity contribution is -0.129. The standard InChI is InChI=1S/C17H11F5O2/c1-8-4-3-5-11(18)10(8)6-7-12(23)24-17-14(20)9(2)13(19)15(21)16(17)22/h3-7H,1-2H3/b7-6+. The molecule has 0 saturated heterocycles. The number of aryl methyl sites for hydroxylation is 1. The third kappa shape index (κ3) is 3.29. The van der Waals surface area contributed by atoms with Crippen LogP contribution in [0.1, 0.15) is 16.7 Å². The van der Waals surface area contributed by atoms with Gasteiger partial charge in [-0.3, -0.25) is 0 Å². The molecule has 2 rings (SSSR count). The summed E-state index contributed by atoms with van der Waals surface area (Å²) in [7, 11) is 0. The van der Waals surface area contributed by atoms with Gasteiger partial charge in [0.2, 0.25) is 11.6 Å². The molecular weight excluding hydrogens is 331 g/mol. The molecule has 0 fully saturated rings. The van der Waals surface area contributed by atoms with Crippen molar-refractivity contribution in [3.05, 3.63) is 70.1 Å². The minimum Gasteiger partial charge on any atom is -0.417 e. The lowest BCUT2D eigenvalue weighted by Gasteiger charge is -2.09. The van der Waals surface area contributed by atoms with Crippen molar-refractivity contribution < 1.29 is 31.5 Å². The van der Waals surface area contributed by atoms with Gasteiger partial charge in [0.15, 0.2) is 17.5 Å². The number of carbonyl (C=O) groups is 1. The van der Waals surface area contributed by atoms with Gasteiger partial charge in [0.1, 0.15) is 5.82 Å². The second kappa shape index (κ2) is 6.82. The van der Waals surface area contributed by atoms with E-state index in [2.05, 4.69) is 4.74 Å². The first kappa shape index (κ1) is 17.7. The van der Waals surface area contributed by atoms with Crippen molar-refractivity contribution in [2.75, 3.05) is 0 Å². The number of carbonyl (C=O) groups excluding carboxylic acids is 1. The summed E-state index contributed by atoms with van der Waals surface area (Å²) in [6.45, 7) is 2.45. The van der Waals surface area contributed by atoms with Crippen molar-refractivity contribution in [3.8, 4) is 5.75 Å². The van der Waals surface area contributed by atoms with Gasteiger partial charge in [-0.25, -0.2) is 22.4 Å². The highest BCUT2D eigenvalue weighted by atomic mass is 19.2. The van der Waals surface area contributed by atoms with Gasteiger partial charge in [0.25, 0.3) is 0 Å². The van der Waals surface area contributed by atoms with Crippen LogP contribution in [0.3, 0.4) is 0 Å². The van der Waals surface area contributed by atoms with E-state index in [1.807, 2.05) is 0 Å². The molecule has 0 saturated carbocycles. The van der Waals surface area contributed by atoms with Crippen LogP contribution in [0.15, 0.2) is 24.3 Å². The van der Waals surface area contributed by atoms with Crippen LogP contribution >= 0.6 is 0 Å². The molecule has 0 aliphatic rings. The average molecular weight is 342 g/mol. The summed E-state index contributed by atoms with van der Waals surface area (Å²) in [4.78, 5) is 11.6. The Hall–Kier alpha value is -2.70. The molecule has 0 spiro atoms. The van der Waals surface area contributed by atoms with Crippen molar-refractivity contribution in [3.63, 3.8) is 0 Å². The minimum absolute atomic E-state index is 0.0804. The van der Waals surface area contributed by atoms with Gasteiger partial charge in [-0.2, -0.15) is 4.39 Å². The molecular formula is C17H11F5O2. The maximum atomic E-state index is 13.7. The Morgan fingerprint density at radius 2 is 1.62 bits per heavy atom. The van der Waals surface area contributed by atoms with E-state index in [1.165, 1.54) is 6.07 Å². The van der Waals surface area contributed by atoms with Crippen LogP contribution in [0.25, 0.3) is 6.08 Å². The van der Waals surface area contributed by atoms with Crippen molar-refractivity contribution in [1.29, 1.82) is 0 Å². The Bertz CT molecular complexity index is 794. The van der Waals surface area contributed by atoms with Crippen LogP contribution in [-0.2, 0) is 4.79 Å². The Labute approximate surface area is 134 Å². The number of rotatable bonds is 3. The zero-order valence-corrected chi connectivity index (χ0v) is 12.6. The van der Waals surface area contributed by atoms with Gasteiger partial charge in [-0.15, -0.1) is 0 Å². The summed E-state index contributed by atoms with van der Waals surface area (Å²) in [5.74, 6) is -10.4. The topological polar surface area (TPSA) is 26.3 Å². The lowest BCUT2D eigenvalue weighted by Crippen LogP contribution is -2.11. The Balaban J connectivity index is 2.30. The Morgan fingerprint density at radius 1 is 0.958 bits per heavy atom. The zero-order chi connectivity index (χ0) is 18.0. The van der Waals surface area contributed by atoms with Crippen LogP contribution in [-0.4, -0.2) is 5.97 Å². The number of esters is 1. The van der Waals surface area contributed by atoms with E-state index in [0.717, 1.165) is 25.1 Å². The van der Waals surface area contributed by atoms with Crippen LogP contribution in [0, 0.1) is 42.9 Å². The van der Waals surface area contributed by atoms with E-state index in [0.29, 0.717) is 5.56 Å². The van der Waals surface area contributed by atoms with Crippen LogP contribution in [0.5, 0.6) is 5.75 Å². The summed E-state index contributed by atoms with van der Waals surface area (Å²) in [5.41, 5.74) is -0.234. The quantitative estimate of drug-likeness (QED) is 0.203. The Kier molecular flexibility index (Phi) is 5.02. The number of benzene rings is 2.